The molecule has 1 aliphatic heterocycles. The van der Waals surface area contributed by atoms with Gasteiger partial charge in [0, 0.05) is 0 Å². The molecule has 1 aliphatic rings. The molecular formula is C34H39NOSn. The van der Waals surface area contributed by atoms with Crippen molar-refractivity contribution in [2.75, 3.05) is 3.12 Å². The number of fused-ring (bicyclic) bond motifs is 1. The van der Waals surface area contributed by atoms with Gasteiger partial charge in [0.25, 0.3) is 0 Å². The number of para-hydroxylation sites is 1. The Hall–Kier alpha value is -2.72. The molecule has 3 heteroatoms. The molecule has 0 spiro atoms. The van der Waals surface area contributed by atoms with Gasteiger partial charge in [-0.05, 0) is 0 Å². The summed E-state index contributed by atoms with van der Waals surface area (Å²) in [6.07, 6.45) is 0. The van der Waals surface area contributed by atoms with Gasteiger partial charge in [0.2, 0.25) is 0 Å². The van der Waals surface area contributed by atoms with Crippen molar-refractivity contribution in [1.82, 2.24) is 0 Å². The van der Waals surface area contributed by atoms with Crippen LogP contribution in [0.25, 0.3) is 0 Å². The van der Waals surface area contributed by atoms with E-state index in [0.717, 1.165) is 5.75 Å². The number of benzene rings is 4. The molecule has 0 N–H and O–H groups in total. The van der Waals surface area contributed by atoms with E-state index < -0.39 is 19.1 Å². The van der Waals surface area contributed by atoms with Crippen LogP contribution in [0.2, 0.25) is 0 Å². The topological polar surface area (TPSA) is 12.5 Å². The van der Waals surface area contributed by atoms with Gasteiger partial charge >= 0.3 is 229 Å². The molecular weight excluding hydrogens is 557 g/mol. The van der Waals surface area contributed by atoms with E-state index in [-0.39, 0.29) is 10.8 Å². The molecule has 0 saturated heterocycles. The van der Waals surface area contributed by atoms with Crippen molar-refractivity contribution in [2.45, 2.75) is 66.2 Å². The summed E-state index contributed by atoms with van der Waals surface area (Å²) in [4.78, 5) is 0. The van der Waals surface area contributed by atoms with Crippen LogP contribution in [0.15, 0.2) is 91.0 Å². The van der Waals surface area contributed by atoms with Gasteiger partial charge in [-0.3, -0.25) is 0 Å². The number of hydrogen-bond acceptors (Lipinski definition) is 2. The van der Waals surface area contributed by atoms with Crippen LogP contribution < -0.4 is 13.4 Å². The molecule has 0 fully saturated rings. The fraction of sp³-hybridized carbons (Fsp3) is 0.294. The van der Waals surface area contributed by atoms with Gasteiger partial charge in [0.15, 0.2) is 0 Å². The third-order valence-electron chi connectivity index (χ3n) is 7.54. The van der Waals surface area contributed by atoms with E-state index in [4.69, 9.17) is 3.07 Å². The van der Waals surface area contributed by atoms with Gasteiger partial charge < -0.3 is 0 Å². The minimum absolute atomic E-state index is 0.0156. The number of hydrogen-bond donors (Lipinski definition) is 0. The summed E-state index contributed by atoms with van der Waals surface area (Å²) < 4.78 is 12.9. The molecule has 4 aromatic carbocycles. The fourth-order valence-electron chi connectivity index (χ4n) is 5.55. The van der Waals surface area contributed by atoms with Crippen LogP contribution in [0.1, 0.15) is 63.8 Å². The summed E-state index contributed by atoms with van der Waals surface area (Å²) in [6, 6.07) is 33.5. The van der Waals surface area contributed by atoms with E-state index in [9.17, 15) is 0 Å². The normalized spacial score (nSPS) is 14.9. The Bertz CT molecular complexity index is 1370. The first-order valence-electron chi connectivity index (χ1n) is 13.3. The minimum atomic E-state index is -4.07. The summed E-state index contributed by atoms with van der Waals surface area (Å²) >= 11 is -4.07. The zero-order chi connectivity index (χ0) is 26.6. The van der Waals surface area contributed by atoms with E-state index in [2.05, 4.69) is 150 Å². The zero-order valence-corrected chi connectivity index (χ0v) is 26.4. The number of nitrogens with zero attached hydrogens (tertiary/aromatic N) is 1. The van der Waals surface area contributed by atoms with Crippen molar-refractivity contribution in [3.63, 3.8) is 0 Å². The van der Waals surface area contributed by atoms with Crippen molar-refractivity contribution in [1.29, 1.82) is 0 Å². The summed E-state index contributed by atoms with van der Waals surface area (Å²) in [7, 11) is 0. The zero-order valence-electron chi connectivity index (χ0n) is 23.5. The predicted molar refractivity (Wildman–Crippen MR) is 160 cm³/mol. The number of rotatable bonds is 3. The molecule has 2 nitrogen and oxygen atoms in total. The van der Waals surface area contributed by atoms with Crippen LogP contribution in [-0.4, -0.2) is 19.1 Å². The second-order valence-corrected chi connectivity index (χ2v) is 21.3. The van der Waals surface area contributed by atoms with Crippen LogP contribution in [0.5, 0.6) is 5.75 Å². The molecule has 37 heavy (non-hydrogen) atoms. The molecule has 0 atom stereocenters. The molecule has 1 heterocycles. The van der Waals surface area contributed by atoms with E-state index in [1.807, 2.05) is 0 Å². The van der Waals surface area contributed by atoms with E-state index in [0.29, 0.717) is 0 Å². The molecule has 0 aromatic heterocycles. The molecule has 0 aliphatic carbocycles. The SMILES string of the molecule is Cc1cccc(C)c1[N]1c2cc(C(C)(C)C)cc(C(C)(C)C)c2[O][Sn]1([c]1ccccc1)[c]1ccccc1. The van der Waals surface area contributed by atoms with Crippen molar-refractivity contribution >= 4 is 37.6 Å². The van der Waals surface area contributed by atoms with Gasteiger partial charge in [-0.2, -0.15) is 0 Å². The van der Waals surface area contributed by atoms with Gasteiger partial charge in [-0.1, -0.05) is 0 Å². The van der Waals surface area contributed by atoms with Gasteiger partial charge in [0.1, 0.15) is 0 Å². The average Bonchev–Trinajstić information content (AvgIpc) is 3.19. The summed E-state index contributed by atoms with van der Waals surface area (Å²) in [6.45, 7) is 18.3. The Morgan fingerprint density at radius 3 is 1.59 bits per heavy atom. The molecule has 190 valence electrons. The molecule has 0 amide bonds. The third kappa shape index (κ3) is 4.37. The van der Waals surface area contributed by atoms with Gasteiger partial charge in [-0.25, -0.2) is 0 Å². The van der Waals surface area contributed by atoms with Crippen molar-refractivity contribution < 1.29 is 3.07 Å². The summed E-state index contributed by atoms with van der Waals surface area (Å²) in [5.41, 5.74) is 7.66. The van der Waals surface area contributed by atoms with Crippen molar-refractivity contribution in [3.05, 3.63) is 113 Å². The Morgan fingerprint density at radius 2 is 1.14 bits per heavy atom. The third-order valence-corrected chi connectivity index (χ3v) is 18.5. The van der Waals surface area contributed by atoms with E-state index in [1.165, 1.54) is 40.8 Å². The van der Waals surface area contributed by atoms with Crippen LogP contribution >= 0.6 is 0 Å². The first-order valence-corrected chi connectivity index (χ1v) is 18.6. The van der Waals surface area contributed by atoms with E-state index in [1.54, 1.807) is 0 Å². The maximum atomic E-state index is 7.60. The standard InChI is InChI=1S/C22H30NO.2C6H5.Sn/c1-14-10-9-11-15(2)19(14)23-18-13-16(21(3,4)5)12-17(20(18)24)22(6,7)8;2*1-2-4-6-5-3-1;/h9-13,24H,1-8H3;2*1-5H;/q-1;;;+2/p-1. The van der Waals surface area contributed by atoms with Crippen LogP contribution in [-0.2, 0) is 10.8 Å². The Kier molecular flexibility index (Phi) is 6.47. The van der Waals surface area contributed by atoms with E-state index >= 15 is 0 Å². The van der Waals surface area contributed by atoms with Crippen LogP contribution in [0, 0.1) is 13.8 Å². The monoisotopic (exact) mass is 597 g/mol. The van der Waals surface area contributed by atoms with Crippen LogP contribution in [0.3, 0.4) is 0 Å². The number of anilines is 2. The van der Waals surface area contributed by atoms with Crippen molar-refractivity contribution in [3.8, 4) is 5.75 Å². The second kappa shape index (κ2) is 9.23. The molecule has 0 unspecified atom stereocenters. The molecule has 0 bridgehead atoms. The van der Waals surface area contributed by atoms with Crippen molar-refractivity contribution in [2.24, 2.45) is 0 Å². The fourth-order valence-corrected chi connectivity index (χ4v) is 17.4. The average molecular weight is 596 g/mol. The Labute approximate surface area is 228 Å². The molecule has 0 saturated carbocycles. The Morgan fingerprint density at radius 1 is 0.622 bits per heavy atom. The first kappa shape index (κ1) is 25.9. The first-order chi connectivity index (χ1) is 17.4. The summed E-state index contributed by atoms with van der Waals surface area (Å²) in [5.74, 6) is 1.06. The molecule has 0 radical (unpaired) electrons. The summed E-state index contributed by atoms with van der Waals surface area (Å²) in [5, 5.41) is 0. The quantitative estimate of drug-likeness (QED) is 0.225. The second-order valence-electron chi connectivity index (χ2n) is 12.4. The van der Waals surface area contributed by atoms with Gasteiger partial charge in [0.05, 0.1) is 0 Å². The van der Waals surface area contributed by atoms with Crippen LogP contribution in [0.4, 0.5) is 11.4 Å². The maximum absolute atomic E-state index is 7.60. The predicted octanol–water partition coefficient (Wildman–Crippen LogP) is 7.69. The Balaban J connectivity index is 1.97. The van der Waals surface area contributed by atoms with Gasteiger partial charge in [-0.15, -0.1) is 0 Å². The molecule has 5 rings (SSSR count). The number of aryl methyl sites for hydroxylation is 2. The molecule has 4 aromatic rings.